The van der Waals surface area contributed by atoms with E-state index in [0.717, 1.165) is 6.42 Å². The molecule has 0 radical (unpaired) electrons. The zero-order valence-corrected chi connectivity index (χ0v) is 13.7. The van der Waals surface area contributed by atoms with E-state index in [2.05, 4.69) is 11.7 Å². The van der Waals surface area contributed by atoms with E-state index < -0.39 is 0 Å². The average Bonchev–Trinajstić information content (AvgIpc) is 2.47. The maximum Gasteiger partial charge on any atom is 0.330 e. The van der Waals surface area contributed by atoms with Gasteiger partial charge in [0.15, 0.2) is 0 Å². The van der Waals surface area contributed by atoms with Gasteiger partial charge in [-0.3, -0.25) is 0 Å². The summed E-state index contributed by atoms with van der Waals surface area (Å²) in [5.74, 6) is -0.246. The van der Waals surface area contributed by atoms with Crippen molar-refractivity contribution in [2.45, 2.75) is 90.4 Å². The summed E-state index contributed by atoms with van der Waals surface area (Å²) in [5, 5.41) is 0. The van der Waals surface area contributed by atoms with Gasteiger partial charge in [-0.25, -0.2) is 4.79 Å². The summed E-state index contributed by atoms with van der Waals surface area (Å²) in [5.41, 5.74) is 0. The van der Waals surface area contributed by atoms with Crippen LogP contribution in [0.2, 0.25) is 0 Å². The van der Waals surface area contributed by atoms with Crippen LogP contribution in [0.1, 0.15) is 90.4 Å². The standard InChI is InChI=1S/C18H34O2/c1-3-4-5-6-7-8-9-10-11-12-13-14-15-16-17-18(19)20-2/h16-17H,3-15H2,1-2H3/b17-16+. The van der Waals surface area contributed by atoms with Crippen LogP contribution in [0.4, 0.5) is 0 Å². The molecule has 0 aromatic rings. The van der Waals surface area contributed by atoms with Crippen LogP contribution in [0.3, 0.4) is 0 Å². The largest absolute Gasteiger partial charge is 0.466 e. The molecule has 2 heteroatoms. The predicted octanol–water partition coefficient (Wildman–Crippen LogP) is 5.81. The van der Waals surface area contributed by atoms with Gasteiger partial charge in [-0.2, -0.15) is 0 Å². The van der Waals surface area contributed by atoms with Crippen LogP contribution in [0.15, 0.2) is 12.2 Å². The summed E-state index contributed by atoms with van der Waals surface area (Å²) in [6.45, 7) is 2.27. The molecule has 20 heavy (non-hydrogen) atoms. The minimum absolute atomic E-state index is 0.246. The molecular formula is C18H34O2. The molecule has 0 atom stereocenters. The van der Waals surface area contributed by atoms with Crippen LogP contribution >= 0.6 is 0 Å². The normalized spacial score (nSPS) is 11.1. The minimum atomic E-state index is -0.246. The maximum atomic E-state index is 10.8. The lowest BCUT2D eigenvalue weighted by molar-refractivity contribution is -0.134. The second-order valence-electron chi connectivity index (χ2n) is 5.60. The molecule has 0 aromatic heterocycles. The highest BCUT2D eigenvalue weighted by Gasteiger charge is 1.93. The van der Waals surface area contributed by atoms with Crippen molar-refractivity contribution >= 4 is 5.97 Å². The summed E-state index contributed by atoms with van der Waals surface area (Å²) in [7, 11) is 1.41. The van der Waals surface area contributed by atoms with Crippen LogP contribution in [0, 0.1) is 0 Å². The Kier molecular flexibility index (Phi) is 15.6. The van der Waals surface area contributed by atoms with Gasteiger partial charge in [-0.1, -0.05) is 83.6 Å². The van der Waals surface area contributed by atoms with Crippen LogP contribution in [-0.2, 0) is 9.53 Å². The van der Waals surface area contributed by atoms with Gasteiger partial charge >= 0.3 is 5.97 Å². The molecule has 0 aliphatic carbocycles. The zero-order chi connectivity index (χ0) is 14.9. The molecule has 2 nitrogen and oxygen atoms in total. The first-order chi connectivity index (χ1) is 9.81. The summed E-state index contributed by atoms with van der Waals surface area (Å²) in [6, 6.07) is 0. The second-order valence-corrected chi connectivity index (χ2v) is 5.60. The van der Waals surface area contributed by atoms with Gasteiger partial charge in [0.2, 0.25) is 0 Å². The Morgan fingerprint density at radius 3 is 1.70 bits per heavy atom. The first kappa shape index (κ1) is 19.2. The third kappa shape index (κ3) is 15.3. The number of unbranched alkanes of at least 4 members (excludes halogenated alkanes) is 12. The Hall–Kier alpha value is -0.790. The fraction of sp³-hybridized carbons (Fsp3) is 0.833. The van der Waals surface area contributed by atoms with Crippen molar-refractivity contribution in [3.05, 3.63) is 12.2 Å². The molecule has 0 saturated carbocycles. The monoisotopic (exact) mass is 282 g/mol. The molecule has 0 saturated heterocycles. The van der Waals surface area contributed by atoms with Gasteiger partial charge in [0, 0.05) is 6.08 Å². The van der Waals surface area contributed by atoms with Crippen LogP contribution in [0.25, 0.3) is 0 Å². The molecule has 0 fully saturated rings. The number of carbonyl (C=O) groups excluding carboxylic acids is 1. The Bertz CT molecular complexity index is 234. The number of allylic oxidation sites excluding steroid dienone is 1. The van der Waals surface area contributed by atoms with E-state index in [4.69, 9.17) is 0 Å². The lowest BCUT2D eigenvalue weighted by atomic mass is 10.0. The number of hydrogen-bond acceptors (Lipinski definition) is 2. The highest BCUT2D eigenvalue weighted by Crippen LogP contribution is 2.12. The third-order valence-corrected chi connectivity index (χ3v) is 3.68. The second kappa shape index (κ2) is 16.3. The number of rotatable bonds is 14. The molecule has 0 unspecified atom stereocenters. The Morgan fingerprint density at radius 2 is 1.25 bits per heavy atom. The first-order valence-corrected chi connectivity index (χ1v) is 8.55. The third-order valence-electron chi connectivity index (χ3n) is 3.68. The average molecular weight is 282 g/mol. The molecule has 0 spiro atoms. The molecule has 0 rings (SSSR count). The molecule has 0 heterocycles. The molecule has 118 valence electrons. The lowest BCUT2D eigenvalue weighted by Crippen LogP contribution is -1.93. The Morgan fingerprint density at radius 1 is 0.800 bits per heavy atom. The lowest BCUT2D eigenvalue weighted by Gasteiger charge is -2.02. The summed E-state index contributed by atoms with van der Waals surface area (Å²) in [4.78, 5) is 10.8. The molecule has 0 aromatic carbocycles. The van der Waals surface area contributed by atoms with Crippen molar-refractivity contribution in [1.29, 1.82) is 0 Å². The zero-order valence-electron chi connectivity index (χ0n) is 13.7. The quantitative estimate of drug-likeness (QED) is 0.228. The number of esters is 1. The van der Waals surface area contributed by atoms with E-state index in [1.165, 1.54) is 90.2 Å². The number of methoxy groups -OCH3 is 1. The molecular weight excluding hydrogens is 248 g/mol. The van der Waals surface area contributed by atoms with E-state index in [9.17, 15) is 4.79 Å². The molecule has 0 aliphatic rings. The van der Waals surface area contributed by atoms with Crippen molar-refractivity contribution in [1.82, 2.24) is 0 Å². The fourth-order valence-corrected chi connectivity index (χ4v) is 2.35. The number of carbonyl (C=O) groups is 1. The predicted molar refractivity (Wildman–Crippen MR) is 86.9 cm³/mol. The van der Waals surface area contributed by atoms with E-state index in [0.29, 0.717) is 0 Å². The molecule has 0 N–H and O–H groups in total. The molecule has 0 amide bonds. The topological polar surface area (TPSA) is 26.3 Å². The highest BCUT2D eigenvalue weighted by molar-refractivity contribution is 5.81. The van der Waals surface area contributed by atoms with E-state index in [1.54, 1.807) is 0 Å². The maximum absolute atomic E-state index is 10.8. The van der Waals surface area contributed by atoms with Gasteiger partial charge in [-0.05, 0) is 12.8 Å². The van der Waals surface area contributed by atoms with Crippen molar-refractivity contribution in [2.24, 2.45) is 0 Å². The smallest absolute Gasteiger partial charge is 0.330 e. The van der Waals surface area contributed by atoms with Gasteiger partial charge < -0.3 is 4.74 Å². The van der Waals surface area contributed by atoms with E-state index >= 15 is 0 Å². The van der Waals surface area contributed by atoms with Gasteiger partial charge in [0.05, 0.1) is 7.11 Å². The van der Waals surface area contributed by atoms with Gasteiger partial charge in [0.1, 0.15) is 0 Å². The van der Waals surface area contributed by atoms with E-state index in [-0.39, 0.29) is 5.97 Å². The van der Waals surface area contributed by atoms with Crippen molar-refractivity contribution in [2.75, 3.05) is 7.11 Å². The number of hydrogen-bond donors (Lipinski definition) is 0. The van der Waals surface area contributed by atoms with Crippen LogP contribution < -0.4 is 0 Å². The molecule has 0 bridgehead atoms. The Balaban J connectivity index is 3.06. The van der Waals surface area contributed by atoms with Gasteiger partial charge in [0.25, 0.3) is 0 Å². The van der Waals surface area contributed by atoms with Crippen molar-refractivity contribution < 1.29 is 9.53 Å². The summed E-state index contributed by atoms with van der Waals surface area (Å²) in [6.07, 6.45) is 20.9. The van der Waals surface area contributed by atoms with Crippen LogP contribution in [-0.4, -0.2) is 13.1 Å². The van der Waals surface area contributed by atoms with Gasteiger partial charge in [-0.15, -0.1) is 0 Å². The van der Waals surface area contributed by atoms with Crippen molar-refractivity contribution in [3.63, 3.8) is 0 Å². The SMILES string of the molecule is CCCCCCCCCCCCCC/C=C/C(=O)OC. The summed E-state index contributed by atoms with van der Waals surface area (Å²) < 4.78 is 4.54. The Labute approximate surface area is 126 Å². The number of ether oxygens (including phenoxy) is 1. The minimum Gasteiger partial charge on any atom is -0.466 e. The van der Waals surface area contributed by atoms with Crippen LogP contribution in [0.5, 0.6) is 0 Å². The van der Waals surface area contributed by atoms with E-state index in [1.807, 2.05) is 6.08 Å². The molecule has 0 aliphatic heterocycles. The highest BCUT2D eigenvalue weighted by atomic mass is 16.5. The summed E-state index contributed by atoms with van der Waals surface area (Å²) >= 11 is 0. The first-order valence-electron chi connectivity index (χ1n) is 8.55. The fourth-order valence-electron chi connectivity index (χ4n) is 2.35. The van der Waals surface area contributed by atoms with Crippen molar-refractivity contribution in [3.8, 4) is 0 Å².